The molecule has 0 saturated heterocycles. The third-order valence-corrected chi connectivity index (χ3v) is 2.33. The molecular weight excluding hydrogens is 252 g/mol. The summed E-state index contributed by atoms with van der Waals surface area (Å²) < 4.78 is 0. The molecule has 7 heteroatoms. The van der Waals surface area contributed by atoms with Gasteiger partial charge in [-0.2, -0.15) is 12.6 Å². The molecule has 0 fully saturated rings. The lowest BCUT2D eigenvalue weighted by Gasteiger charge is -2.05. The topological polar surface area (TPSA) is 72.2 Å². The van der Waals surface area contributed by atoms with Crippen LogP contribution in [0.2, 0.25) is 5.02 Å². The monoisotopic (exact) mass is 260 g/mol. The normalized spacial score (nSPS) is 9.88. The molecule has 1 aromatic rings. The molecule has 0 heterocycles. The quantitative estimate of drug-likeness (QED) is 0.496. The summed E-state index contributed by atoms with van der Waals surface area (Å²) >= 11 is 9.69. The summed E-state index contributed by atoms with van der Waals surface area (Å²) in [7, 11) is 0. The van der Waals surface area contributed by atoms with E-state index in [1.165, 1.54) is 18.2 Å². The molecule has 1 amide bonds. The number of carbonyl (C=O) groups excluding carboxylic acids is 1. The average Bonchev–Trinajstić information content (AvgIpc) is 2.21. The van der Waals surface area contributed by atoms with Gasteiger partial charge in [0.2, 0.25) is 5.91 Å². The van der Waals surface area contributed by atoms with Crippen molar-refractivity contribution in [3.8, 4) is 0 Å². The van der Waals surface area contributed by atoms with Gasteiger partial charge in [-0.05, 0) is 11.8 Å². The van der Waals surface area contributed by atoms with E-state index in [1.54, 1.807) is 0 Å². The van der Waals surface area contributed by atoms with Crippen molar-refractivity contribution in [3.63, 3.8) is 0 Å². The SMILES string of the molecule is O=C(CCS)Nc1cc([N+](=O)[O-])ccc1Cl. The molecule has 0 atom stereocenters. The third-order valence-electron chi connectivity index (χ3n) is 1.77. The van der Waals surface area contributed by atoms with E-state index in [0.717, 1.165) is 0 Å². The van der Waals surface area contributed by atoms with Crippen molar-refractivity contribution >= 4 is 41.5 Å². The molecule has 0 aliphatic rings. The van der Waals surface area contributed by atoms with E-state index in [4.69, 9.17) is 11.6 Å². The van der Waals surface area contributed by atoms with Crippen LogP contribution in [-0.2, 0) is 4.79 Å². The summed E-state index contributed by atoms with van der Waals surface area (Å²) in [5.74, 6) is 0.121. The van der Waals surface area contributed by atoms with Gasteiger partial charge in [0.15, 0.2) is 0 Å². The maximum Gasteiger partial charge on any atom is 0.271 e. The number of rotatable bonds is 4. The molecule has 0 saturated carbocycles. The van der Waals surface area contributed by atoms with Gasteiger partial charge in [-0.3, -0.25) is 14.9 Å². The van der Waals surface area contributed by atoms with Gasteiger partial charge in [0.1, 0.15) is 0 Å². The Morgan fingerprint density at radius 1 is 1.56 bits per heavy atom. The third kappa shape index (κ3) is 3.39. The van der Waals surface area contributed by atoms with Crippen LogP contribution in [0.15, 0.2) is 18.2 Å². The molecule has 0 spiro atoms. The van der Waals surface area contributed by atoms with Gasteiger partial charge in [0.05, 0.1) is 15.6 Å². The summed E-state index contributed by atoms with van der Waals surface area (Å²) in [4.78, 5) is 21.2. The van der Waals surface area contributed by atoms with Gasteiger partial charge >= 0.3 is 0 Å². The van der Waals surface area contributed by atoms with E-state index >= 15 is 0 Å². The molecule has 1 N–H and O–H groups in total. The number of thiol groups is 1. The molecule has 86 valence electrons. The van der Waals surface area contributed by atoms with E-state index in [2.05, 4.69) is 17.9 Å². The minimum absolute atomic E-state index is 0.120. The van der Waals surface area contributed by atoms with Crippen LogP contribution in [0.1, 0.15) is 6.42 Å². The molecule has 0 unspecified atom stereocenters. The lowest BCUT2D eigenvalue weighted by Crippen LogP contribution is -2.12. The second-order valence-electron chi connectivity index (χ2n) is 2.94. The zero-order valence-electron chi connectivity index (χ0n) is 8.14. The van der Waals surface area contributed by atoms with Crippen molar-refractivity contribution < 1.29 is 9.72 Å². The van der Waals surface area contributed by atoms with Gasteiger partial charge in [0, 0.05) is 18.6 Å². The Bertz CT molecular complexity index is 425. The highest BCUT2D eigenvalue weighted by atomic mass is 35.5. The molecule has 0 aliphatic heterocycles. The van der Waals surface area contributed by atoms with Gasteiger partial charge < -0.3 is 5.32 Å². The average molecular weight is 261 g/mol. The number of anilines is 1. The summed E-state index contributed by atoms with van der Waals surface area (Å²) in [5.41, 5.74) is 0.119. The minimum atomic E-state index is -0.551. The Labute approximate surface area is 102 Å². The molecule has 5 nitrogen and oxygen atoms in total. The van der Waals surface area contributed by atoms with Crippen molar-refractivity contribution in [2.75, 3.05) is 11.1 Å². The zero-order valence-corrected chi connectivity index (χ0v) is 9.79. The fourth-order valence-corrected chi connectivity index (χ4v) is 1.40. The molecule has 0 aromatic heterocycles. The van der Waals surface area contributed by atoms with Crippen molar-refractivity contribution in [3.05, 3.63) is 33.3 Å². The van der Waals surface area contributed by atoms with E-state index in [0.29, 0.717) is 5.75 Å². The van der Waals surface area contributed by atoms with Gasteiger partial charge in [-0.25, -0.2) is 0 Å². The van der Waals surface area contributed by atoms with Crippen LogP contribution in [0.4, 0.5) is 11.4 Å². The number of carbonyl (C=O) groups is 1. The lowest BCUT2D eigenvalue weighted by atomic mass is 10.2. The number of halogens is 1. The van der Waals surface area contributed by atoms with Crippen LogP contribution in [0.25, 0.3) is 0 Å². The first-order valence-electron chi connectivity index (χ1n) is 4.39. The predicted octanol–water partition coefficient (Wildman–Crippen LogP) is 2.51. The molecule has 1 aromatic carbocycles. The number of hydrogen-bond donors (Lipinski definition) is 2. The second-order valence-corrected chi connectivity index (χ2v) is 3.80. The minimum Gasteiger partial charge on any atom is -0.325 e. The van der Waals surface area contributed by atoms with E-state index in [9.17, 15) is 14.9 Å². The van der Waals surface area contributed by atoms with E-state index < -0.39 is 4.92 Å². The fourth-order valence-electron chi connectivity index (χ4n) is 1.04. The van der Waals surface area contributed by atoms with Crippen LogP contribution >= 0.6 is 24.2 Å². The molecular formula is C9H9ClN2O3S. The number of nitrogens with one attached hydrogen (secondary N) is 1. The largest absolute Gasteiger partial charge is 0.325 e. The highest BCUT2D eigenvalue weighted by Gasteiger charge is 2.11. The maximum atomic E-state index is 11.3. The smallest absolute Gasteiger partial charge is 0.271 e. The number of hydrogen-bond acceptors (Lipinski definition) is 4. The Balaban J connectivity index is 2.90. The second kappa shape index (κ2) is 5.72. The summed E-state index contributed by atoms with van der Waals surface area (Å²) in [6.45, 7) is 0. The molecule has 0 aliphatic carbocycles. The Hall–Kier alpha value is -1.27. The number of non-ortho nitro benzene ring substituents is 1. The summed E-state index contributed by atoms with van der Waals surface area (Å²) in [6, 6.07) is 3.87. The van der Waals surface area contributed by atoms with Crippen LogP contribution in [-0.4, -0.2) is 16.6 Å². The predicted molar refractivity (Wildman–Crippen MR) is 65.2 cm³/mol. The number of benzene rings is 1. The standard InChI is InChI=1S/C9H9ClN2O3S/c10-7-2-1-6(12(14)15)5-8(7)11-9(13)3-4-16/h1-2,5,16H,3-4H2,(H,11,13). The highest BCUT2D eigenvalue weighted by Crippen LogP contribution is 2.26. The van der Waals surface area contributed by atoms with Crippen molar-refractivity contribution in [1.29, 1.82) is 0 Å². The van der Waals surface area contributed by atoms with Gasteiger partial charge in [0.25, 0.3) is 5.69 Å². The Kier molecular flexibility index (Phi) is 4.57. The first-order chi connectivity index (χ1) is 7.54. The van der Waals surface area contributed by atoms with Crippen LogP contribution in [0.3, 0.4) is 0 Å². The van der Waals surface area contributed by atoms with Crippen molar-refractivity contribution in [2.45, 2.75) is 6.42 Å². The van der Waals surface area contributed by atoms with Crippen molar-refractivity contribution in [1.82, 2.24) is 0 Å². The van der Waals surface area contributed by atoms with Crippen LogP contribution < -0.4 is 5.32 Å². The number of nitrogens with zero attached hydrogens (tertiary/aromatic N) is 1. The van der Waals surface area contributed by atoms with Gasteiger partial charge in [-0.1, -0.05) is 11.6 Å². The Morgan fingerprint density at radius 2 is 2.25 bits per heavy atom. The number of nitro benzene ring substituents is 1. The summed E-state index contributed by atoms with van der Waals surface area (Å²) in [5, 5.41) is 13.3. The zero-order chi connectivity index (χ0) is 12.1. The van der Waals surface area contributed by atoms with E-state index in [-0.39, 0.29) is 28.7 Å². The van der Waals surface area contributed by atoms with Gasteiger partial charge in [-0.15, -0.1) is 0 Å². The first-order valence-corrected chi connectivity index (χ1v) is 5.40. The lowest BCUT2D eigenvalue weighted by molar-refractivity contribution is -0.384. The highest BCUT2D eigenvalue weighted by molar-refractivity contribution is 7.80. The fraction of sp³-hybridized carbons (Fsp3) is 0.222. The first kappa shape index (κ1) is 12.8. The molecule has 0 radical (unpaired) electrons. The molecule has 1 rings (SSSR count). The molecule has 16 heavy (non-hydrogen) atoms. The summed E-state index contributed by atoms with van der Waals surface area (Å²) in [6.07, 6.45) is 0.224. The van der Waals surface area contributed by atoms with E-state index in [1.807, 2.05) is 0 Å². The van der Waals surface area contributed by atoms with Crippen molar-refractivity contribution in [2.24, 2.45) is 0 Å². The van der Waals surface area contributed by atoms with Crippen LogP contribution in [0, 0.1) is 10.1 Å². The maximum absolute atomic E-state index is 11.3. The molecule has 0 bridgehead atoms. The number of nitro groups is 1. The Morgan fingerprint density at radius 3 is 2.81 bits per heavy atom. The number of amides is 1. The van der Waals surface area contributed by atoms with Crippen LogP contribution in [0.5, 0.6) is 0 Å².